The van der Waals surface area contributed by atoms with Crippen LogP contribution in [0.4, 0.5) is 0 Å². The van der Waals surface area contributed by atoms with Crippen molar-refractivity contribution in [2.45, 2.75) is 26.7 Å². The largest absolute Gasteiger partial charge is 0.493 e. The quantitative estimate of drug-likeness (QED) is 0.193. The third-order valence-electron chi connectivity index (χ3n) is 6.49. The molecule has 2 heterocycles. The number of nitrogens with zero attached hydrogens (tertiary/aromatic N) is 4. The Hall–Kier alpha value is -4.86. The van der Waals surface area contributed by atoms with Crippen molar-refractivity contribution in [1.82, 2.24) is 19.9 Å². The highest BCUT2D eigenvalue weighted by molar-refractivity contribution is 5.89. The molecule has 4 aromatic rings. The number of benzene rings is 2. The van der Waals surface area contributed by atoms with Gasteiger partial charge in [0.1, 0.15) is 0 Å². The highest BCUT2D eigenvalue weighted by atomic mass is 16.6. The predicted octanol–water partition coefficient (Wildman–Crippen LogP) is 4.78. The molecule has 0 aliphatic carbocycles. The summed E-state index contributed by atoms with van der Waals surface area (Å²) < 4.78 is 21.9. The van der Waals surface area contributed by atoms with Crippen LogP contribution in [0.3, 0.4) is 0 Å². The monoisotopic (exact) mass is 542 g/mol. The molecule has 0 N–H and O–H groups in total. The molecular formula is C30H30N4O6. The van der Waals surface area contributed by atoms with Crippen molar-refractivity contribution in [3.63, 3.8) is 0 Å². The molecule has 2 atom stereocenters. The van der Waals surface area contributed by atoms with E-state index in [1.807, 2.05) is 24.3 Å². The van der Waals surface area contributed by atoms with Crippen molar-refractivity contribution >= 4 is 11.9 Å². The minimum atomic E-state index is -0.605. The molecule has 0 saturated heterocycles. The van der Waals surface area contributed by atoms with Gasteiger partial charge in [-0.05, 0) is 60.1 Å². The Labute approximate surface area is 232 Å². The van der Waals surface area contributed by atoms with Gasteiger partial charge >= 0.3 is 11.9 Å². The molecule has 0 bridgehead atoms. The summed E-state index contributed by atoms with van der Waals surface area (Å²) in [4.78, 5) is 40.5. The summed E-state index contributed by atoms with van der Waals surface area (Å²) in [5, 5.41) is 0. The number of methoxy groups -OCH3 is 2. The number of carbonyl (C=O) groups excluding carboxylic acids is 2. The standard InChI is InChI=1S/C30H30N4O6/c1-19(13-21-5-7-25(27(15-21)37-3)39-29(35)23-17-31-9-11-33-23)20(2)14-22-6-8-26(28(16-22)38-4)40-30(36)24-18-32-10-12-34-24/h5-12,15-20H,13-14H2,1-4H3/t19-,20+. The molecule has 10 nitrogen and oxygen atoms in total. The molecule has 0 aliphatic heterocycles. The van der Waals surface area contributed by atoms with Crippen LogP contribution in [0.1, 0.15) is 46.0 Å². The van der Waals surface area contributed by atoms with Crippen LogP contribution in [-0.4, -0.2) is 46.1 Å². The molecule has 0 radical (unpaired) electrons. The van der Waals surface area contributed by atoms with E-state index in [0.29, 0.717) is 34.8 Å². The fourth-order valence-electron chi connectivity index (χ4n) is 4.11. The average molecular weight is 543 g/mol. The Bertz CT molecular complexity index is 1340. The third kappa shape index (κ3) is 7.16. The van der Waals surface area contributed by atoms with Crippen molar-refractivity contribution in [3.05, 3.63) is 96.1 Å². The molecule has 0 saturated carbocycles. The van der Waals surface area contributed by atoms with E-state index in [1.165, 1.54) is 51.4 Å². The van der Waals surface area contributed by atoms with Gasteiger partial charge < -0.3 is 18.9 Å². The second-order valence-corrected chi connectivity index (χ2v) is 9.29. The van der Waals surface area contributed by atoms with Crippen LogP contribution >= 0.6 is 0 Å². The fraction of sp³-hybridized carbons (Fsp3) is 0.267. The van der Waals surface area contributed by atoms with Crippen LogP contribution in [0.15, 0.2) is 73.6 Å². The molecule has 10 heteroatoms. The summed E-state index contributed by atoms with van der Waals surface area (Å²) >= 11 is 0. The van der Waals surface area contributed by atoms with Gasteiger partial charge in [0.05, 0.1) is 26.6 Å². The van der Waals surface area contributed by atoms with Crippen LogP contribution in [0.2, 0.25) is 0 Å². The van der Waals surface area contributed by atoms with Crippen molar-refractivity contribution in [1.29, 1.82) is 0 Å². The van der Waals surface area contributed by atoms with E-state index in [2.05, 4.69) is 33.8 Å². The first-order valence-corrected chi connectivity index (χ1v) is 12.7. The Balaban J connectivity index is 1.38. The zero-order chi connectivity index (χ0) is 28.5. The van der Waals surface area contributed by atoms with E-state index < -0.39 is 11.9 Å². The first-order chi connectivity index (χ1) is 19.4. The van der Waals surface area contributed by atoms with Crippen molar-refractivity contribution in [2.24, 2.45) is 11.8 Å². The maximum absolute atomic E-state index is 12.4. The Kier molecular flexibility index (Phi) is 9.35. The summed E-state index contributed by atoms with van der Waals surface area (Å²) in [6, 6.07) is 11.1. The molecule has 2 aromatic heterocycles. The van der Waals surface area contributed by atoms with E-state index in [-0.39, 0.29) is 11.4 Å². The molecule has 206 valence electrons. The van der Waals surface area contributed by atoms with Crippen LogP contribution in [0, 0.1) is 11.8 Å². The molecule has 0 fully saturated rings. The highest BCUT2D eigenvalue weighted by Gasteiger charge is 2.19. The normalized spacial score (nSPS) is 12.2. The second kappa shape index (κ2) is 13.3. The van der Waals surface area contributed by atoms with Crippen LogP contribution in [0.5, 0.6) is 23.0 Å². The minimum absolute atomic E-state index is 0.115. The molecule has 0 aliphatic rings. The average Bonchev–Trinajstić information content (AvgIpc) is 2.99. The van der Waals surface area contributed by atoms with Gasteiger partial charge in [0.15, 0.2) is 34.4 Å². The Morgan fingerprint density at radius 3 is 1.43 bits per heavy atom. The first-order valence-electron chi connectivity index (χ1n) is 12.7. The molecule has 40 heavy (non-hydrogen) atoms. The van der Waals surface area contributed by atoms with Crippen LogP contribution in [0.25, 0.3) is 0 Å². The van der Waals surface area contributed by atoms with E-state index in [9.17, 15) is 9.59 Å². The van der Waals surface area contributed by atoms with Crippen molar-refractivity contribution in [3.8, 4) is 23.0 Å². The zero-order valence-corrected chi connectivity index (χ0v) is 22.7. The molecule has 2 aromatic carbocycles. The molecule has 4 rings (SSSR count). The first kappa shape index (κ1) is 28.2. The Morgan fingerprint density at radius 1 is 0.650 bits per heavy atom. The van der Waals surface area contributed by atoms with E-state index in [1.54, 1.807) is 12.1 Å². The van der Waals surface area contributed by atoms with Crippen molar-refractivity contribution < 1.29 is 28.5 Å². The number of hydrogen-bond acceptors (Lipinski definition) is 10. The highest BCUT2D eigenvalue weighted by Crippen LogP contribution is 2.33. The summed E-state index contributed by atoms with van der Waals surface area (Å²) in [7, 11) is 3.07. The summed E-state index contributed by atoms with van der Waals surface area (Å²) in [6.45, 7) is 4.38. The number of rotatable bonds is 11. The number of esters is 2. The van der Waals surface area contributed by atoms with Gasteiger partial charge in [0.2, 0.25) is 0 Å². The zero-order valence-electron chi connectivity index (χ0n) is 22.7. The van der Waals surface area contributed by atoms with E-state index in [4.69, 9.17) is 18.9 Å². The SMILES string of the molecule is COc1cc(C[C@@H](C)[C@@H](C)Cc2ccc(OC(=O)c3cnccn3)c(OC)c2)ccc1OC(=O)c1cnccn1. The predicted molar refractivity (Wildman–Crippen MR) is 146 cm³/mol. The molecule has 0 spiro atoms. The van der Waals surface area contributed by atoms with Gasteiger partial charge in [-0.1, -0.05) is 26.0 Å². The van der Waals surface area contributed by atoms with Gasteiger partial charge in [-0.2, -0.15) is 0 Å². The lowest BCUT2D eigenvalue weighted by molar-refractivity contribution is 0.0714. The topological polar surface area (TPSA) is 123 Å². The fourth-order valence-corrected chi connectivity index (χ4v) is 4.11. The van der Waals surface area contributed by atoms with Crippen LogP contribution < -0.4 is 18.9 Å². The molecular weight excluding hydrogens is 512 g/mol. The van der Waals surface area contributed by atoms with Gasteiger partial charge in [0, 0.05) is 24.8 Å². The summed E-state index contributed by atoms with van der Waals surface area (Å²) in [5.74, 6) is 0.981. The minimum Gasteiger partial charge on any atom is -0.493 e. The van der Waals surface area contributed by atoms with Gasteiger partial charge in [0.25, 0.3) is 0 Å². The smallest absolute Gasteiger partial charge is 0.364 e. The maximum Gasteiger partial charge on any atom is 0.364 e. The number of carbonyl (C=O) groups is 2. The lowest BCUT2D eigenvalue weighted by Gasteiger charge is -2.21. The lowest BCUT2D eigenvalue weighted by atomic mass is 9.85. The number of aromatic nitrogens is 4. The molecule has 0 amide bonds. The van der Waals surface area contributed by atoms with Gasteiger partial charge in [-0.3, -0.25) is 9.97 Å². The summed E-state index contributed by atoms with van der Waals surface area (Å²) in [5.41, 5.74) is 2.34. The number of hydrogen-bond donors (Lipinski definition) is 0. The lowest BCUT2D eigenvalue weighted by Crippen LogP contribution is -2.15. The summed E-state index contributed by atoms with van der Waals surface area (Å²) in [6.07, 6.45) is 10.1. The van der Waals surface area contributed by atoms with Gasteiger partial charge in [-0.15, -0.1) is 0 Å². The van der Waals surface area contributed by atoms with Crippen molar-refractivity contribution in [2.75, 3.05) is 14.2 Å². The molecule has 0 unspecified atom stereocenters. The maximum atomic E-state index is 12.4. The van der Waals surface area contributed by atoms with Crippen LogP contribution in [-0.2, 0) is 12.8 Å². The second-order valence-electron chi connectivity index (χ2n) is 9.29. The van der Waals surface area contributed by atoms with Gasteiger partial charge in [-0.25, -0.2) is 19.6 Å². The third-order valence-corrected chi connectivity index (χ3v) is 6.49. The number of ether oxygens (including phenoxy) is 4. The van der Waals surface area contributed by atoms with E-state index in [0.717, 1.165) is 24.0 Å². The Morgan fingerprint density at radius 2 is 1.07 bits per heavy atom. The van der Waals surface area contributed by atoms with E-state index >= 15 is 0 Å².